The van der Waals surface area contributed by atoms with Crippen molar-refractivity contribution < 1.29 is 16.5 Å². The van der Waals surface area contributed by atoms with Crippen LogP contribution in [0.3, 0.4) is 0 Å². The van der Waals surface area contributed by atoms with Crippen molar-refractivity contribution in [1.29, 1.82) is 21.0 Å². The fourth-order valence-corrected chi connectivity index (χ4v) is 0. The first-order valence-corrected chi connectivity index (χ1v) is 0.894. The van der Waals surface area contributed by atoms with Crippen molar-refractivity contribution in [2.45, 2.75) is 0 Å². The minimum Gasteiger partial charge on any atom is -0.512 e. The van der Waals surface area contributed by atoms with E-state index in [2.05, 4.69) is 0 Å². The van der Waals surface area contributed by atoms with Crippen molar-refractivity contribution in [1.82, 2.24) is 0 Å². The molecular weight excluding hydrogens is 163 g/mol. The van der Waals surface area contributed by atoms with E-state index in [1.807, 2.05) is 0 Å². The molecule has 0 bridgehead atoms. The maximum atomic E-state index is 6.25. The Bertz CT molecular complexity index is 55.5. The van der Waals surface area contributed by atoms with Gasteiger partial charge < -0.3 is 47.3 Å². The zero-order valence-electron chi connectivity index (χ0n) is 4.11. The zero-order chi connectivity index (χ0) is 8.00. The van der Waals surface area contributed by atoms with Crippen LogP contribution in [0, 0.1) is 47.3 Å². The van der Waals surface area contributed by atoms with Gasteiger partial charge >= 0.3 is 16.5 Å². The van der Waals surface area contributed by atoms with Gasteiger partial charge in [0.15, 0.2) is 0 Å². The van der Waals surface area contributed by atoms with Gasteiger partial charge in [-0.1, -0.05) is 0 Å². The van der Waals surface area contributed by atoms with Crippen LogP contribution in [0.15, 0.2) is 0 Å². The van der Waals surface area contributed by atoms with E-state index < -0.39 is 0 Å². The average molecular weight is 163 g/mol. The van der Waals surface area contributed by atoms with E-state index >= 15 is 0 Å². The van der Waals surface area contributed by atoms with E-state index in [1.165, 1.54) is 0 Å². The second kappa shape index (κ2) is 80.3. The molecule has 0 aromatic carbocycles. The monoisotopic (exact) mass is 162 g/mol. The molecule has 0 N–H and O–H groups in total. The Morgan fingerprint density at radius 3 is 0.444 bits per heavy atom. The van der Waals surface area contributed by atoms with Gasteiger partial charge in [0.25, 0.3) is 0 Å². The molecule has 0 rings (SSSR count). The summed E-state index contributed by atoms with van der Waals surface area (Å²) in [5, 5.41) is 25.0. The van der Waals surface area contributed by atoms with E-state index in [-0.39, 0.29) is 16.5 Å². The standard InChI is InChI=1S/4CN.Ni/c4*1-2;/q4*-1;+2. The van der Waals surface area contributed by atoms with Crippen LogP contribution in [0.25, 0.3) is 0 Å². The molecule has 0 aliphatic heterocycles. The van der Waals surface area contributed by atoms with Crippen LogP contribution >= 0.6 is 0 Å². The summed E-state index contributed by atoms with van der Waals surface area (Å²) in [4.78, 5) is 0. The van der Waals surface area contributed by atoms with Gasteiger partial charge in [0.1, 0.15) is 0 Å². The Labute approximate surface area is 64.5 Å². The first-order valence-electron chi connectivity index (χ1n) is 0.894. The van der Waals surface area contributed by atoms with Crippen molar-refractivity contribution in [2.24, 2.45) is 0 Å². The third kappa shape index (κ3) is 53.5. The zero-order valence-corrected chi connectivity index (χ0v) is 5.09. The number of hydrogen-bond donors (Lipinski definition) is 0. The molecule has 5 heteroatoms. The van der Waals surface area contributed by atoms with Crippen LogP contribution < -0.4 is 0 Å². The van der Waals surface area contributed by atoms with Crippen LogP contribution in [-0.2, 0) is 16.5 Å². The van der Waals surface area contributed by atoms with Gasteiger partial charge in [0.2, 0.25) is 0 Å². The molecule has 0 saturated heterocycles. The fraction of sp³-hybridized carbons (Fsp3) is 0. The van der Waals surface area contributed by atoms with Crippen molar-refractivity contribution in [3.63, 3.8) is 0 Å². The maximum absolute atomic E-state index is 6.25. The maximum Gasteiger partial charge on any atom is 2.00 e. The van der Waals surface area contributed by atoms with E-state index in [9.17, 15) is 0 Å². The Balaban J connectivity index is -0.00000000762. The summed E-state index contributed by atoms with van der Waals surface area (Å²) in [6.07, 6.45) is 0. The summed E-state index contributed by atoms with van der Waals surface area (Å²) in [5.41, 5.74) is 0. The molecule has 9 heavy (non-hydrogen) atoms. The minimum atomic E-state index is 0. The summed E-state index contributed by atoms with van der Waals surface area (Å²) in [6.45, 7) is 19.0. The van der Waals surface area contributed by atoms with Gasteiger partial charge in [-0.3, -0.25) is 0 Å². The Hall–Kier alpha value is -1.55. The molecule has 0 saturated carbocycles. The van der Waals surface area contributed by atoms with Crippen molar-refractivity contribution in [3.05, 3.63) is 26.3 Å². The first-order chi connectivity index (χ1) is 4.00. The average Bonchev–Trinajstić information content (AvgIpc) is 2.03. The predicted octanol–water partition coefficient (Wildman–Crippen LogP) is 0.383. The molecule has 0 aromatic heterocycles. The minimum absolute atomic E-state index is 0. The molecule has 4 nitrogen and oxygen atoms in total. The predicted molar refractivity (Wildman–Crippen MR) is 19.9 cm³/mol. The summed E-state index contributed by atoms with van der Waals surface area (Å²) >= 11 is 0. The number of hydrogen-bond acceptors (Lipinski definition) is 4. The Morgan fingerprint density at radius 2 is 0.444 bits per heavy atom. The van der Waals surface area contributed by atoms with Crippen LogP contribution in [0.5, 0.6) is 0 Å². The second-order valence-electron chi connectivity index (χ2n) is 0. The van der Waals surface area contributed by atoms with Crippen molar-refractivity contribution >= 4 is 0 Å². The summed E-state index contributed by atoms with van der Waals surface area (Å²) in [6, 6.07) is 0. The quantitative estimate of drug-likeness (QED) is 0.380. The van der Waals surface area contributed by atoms with Gasteiger partial charge in [-0.05, 0) is 0 Å². The topological polar surface area (TPSA) is 95.2 Å². The third-order valence-corrected chi connectivity index (χ3v) is 0. The number of nitrogens with zero attached hydrogens (tertiary/aromatic N) is 4. The largest absolute Gasteiger partial charge is 2.00 e. The summed E-state index contributed by atoms with van der Waals surface area (Å²) in [5.74, 6) is 0. The molecule has 0 aliphatic rings. The second-order valence-corrected chi connectivity index (χ2v) is 0. The van der Waals surface area contributed by atoms with E-state index in [0.29, 0.717) is 0 Å². The van der Waals surface area contributed by atoms with E-state index in [1.54, 1.807) is 0 Å². The molecule has 0 fully saturated rings. The molecular formula is C4N4Ni-2. The summed E-state index contributed by atoms with van der Waals surface area (Å²) in [7, 11) is 0. The van der Waals surface area contributed by atoms with E-state index in [0.717, 1.165) is 0 Å². The van der Waals surface area contributed by atoms with Crippen LogP contribution in [0.4, 0.5) is 0 Å². The normalized spacial score (nSPS) is 0.889. The van der Waals surface area contributed by atoms with Crippen molar-refractivity contribution in [3.8, 4) is 0 Å². The Kier molecular flexibility index (Phi) is 460. The van der Waals surface area contributed by atoms with Gasteiger partial charge in [0, 0.05) is 0 Å². The molecule has 0 spiro atoms. The van der Waals surface area contributed by atoms with Crippen LogP contribution in [0.2, 0.25) is 0 Å². The number of rotatable bonds is 0. The Morgan fingerprint density at radius 1 is 0.444 bits per heavy atom. The van der Waals surface area contributed by atoms with Gasteiger partial charge in [-0.25, -0.2) is 0 Å². The van der Waals surface area contributed by atoms with Gasteiger partial charge in [0.05, 0.1) is 0 Å². The summed E-state index contributed by atoms with van der Waals surface area (Å²) < 4.78 is 0. The molecule has 0 unspecified atom stereocenters. The molecule has 0 aromatic rings. The molecule has 0 aliphatic carbocycles. The van der Waals surface area contributed by atoms with Gasteiger partial charge in [-0.15, -0.1) is 0 Å². The van der Waals surface area contributed by atoms with Crippen LogP contribution in [-0.4, -0.2) is 0 Å². The molecule has 48 valence electrons. The molecule has 0 heterocycles. The molecule has 0 atom stereocenters. The smallest absolute Gasteiger partial charge is 0.512 e. The van der Waals surface area contributed by atoms with E-state index in [4.69, 9.17) is 47.3 Å². The third-order valence-electron chi connectivity index (χ3n) is 0. The van der Waals surface area contributed by atoms with Crippen LogP contribution in [0.1, 0.15) is 0 Å². The first kappa shape index (κ1) is 51.6. The fourth-order valence-electron chi connectivity index (χ4n) is 0. The molecule has 0 radical (unpaired) electrons. The molecule has 0 amide bonds. The van der Waals surface area contributed by atoms with Crippen molar-refractivity contribution in [2.75, 3.05) is 0 Å². The van der Waals surface area contributed by atoms with Gasteiger partial charge in [-0.2, -0.15) is 0 Å². The SMILES string of the molecule is [C-]#N.[C-]#N.[C-]#N.[C-]#N.[Ni+2].